The number of nitrogens with zero attached hydrogens (tertiary/aromatic N) is 3. The maximum Gasteiger partial charge on any atom is 0.234 e. The zero-order chi connectivity index (χ0) is 16.4. The number of aliphatic imine (C=N–C) groups is 1. The highest BCUT2D eigenvalue weighted by Gasteiger charge is 2.26. The van der Waals surface area contributed by atoms with E-state index in [1.165, 1.54) is 0 Å². The van der Waals surface area contributed by atoms with Crippen LogP contribution in [0.15, 0.2) is 67.7 Å². The summed E-state index contributed by atoms with van der Waals surface area (Å²) in [7, 11) is -2.71. The minimum atomic E-state index is -2.71. The second-order valence-corrected chi connectivity index (χ2v) is 7.63. The Morgan fingerprint density at radius 3 is 2.39 bits per heavy atom. The van der Waals surface area contributed by atoms with Crippen molar-refractivity contribution in [1.29, 1.82) is 0 Å². The quantitative estimate of drug-likeness (QED) is 0.847. The van der Waals surface area contributed by atoms with Crippen LogP contribution in [0.3, 0.4) is 0 Å². The van der Waals surface area contributed by atoms with Crippen LogP contribution in [0.1, 0.15) is 19.4 Å². The first kappa shape index (κ1) is 15.7. The molecule has 1 heterocycles. The summed E-state index contributed by atoms with van der Waals surface area (Å²) in [5.41, 5.74) is 1.81. The summed E-state index contributed by atoms with van der Waals surface area (Å²) in [6.07, 6.45) is 0. The summed E-state index contributed by atoms with van der Waals surface area (Å²) in [5.74, 6) is 0.556. The lowest BCUT2D eigenvalue weighted by Crippen LogP contribution is -2.31. The summed E-state index contributed by atoms with van der Waals surface area (Å²) in [6, 6.07) is 15.4. The molecule has 5 heteroatoms. The molecule has 0 radical (unpaired) electrons. The van der Waals surface area contributed by atoms with E-state index in [1.54, 1.807) is 0 Å². The maximum absolute atomic E-state index is 13.9. The molecule has 0 saturated heterocycles. The molecule has 0 spiro atoms. The molecule has 1 aliphatic rings. The summed E-state index contributed by atoms with van der Waals surface area (Å²) < 4.78 is 18.5. The molecule has 1 aliphatic heterocycles. The molecular formula is C18H21N3OS. The molecule has 2 aromatic rings. The van der Waals surface area contributed by atoms with E-state index < -0.39 is 9.73 Å². The fraction of sp³-hybridized carbons (Fsp3) is 0.278. The summed E-state index contributed by atoms with van der Waals surface area (Å²) >= 11 is 0. The van der Waals surface area contributed by atoms with Gasteiger partial charge in [0.1, 0.15) is 9.73 Å². The van der Waals surface area contributed by atoms with Crippen molar-refractivity contribution in [2.75, 3.05) is 13.1 Å². The predicted octanol–water partition coefficient (Wildman–Crippen LogP) is 4.22. The highest BCUT2D eigenvalue weighted by atomic mass is 32.2. The van der Waals surface area contributed by atoms with Crippen LogP contribution in [0, 0.1) is 6.92 Å². The van der Waals surface area contributed by atoms with E-state index in [2.05, 4.69) is 23.2 Å². The molecule has 120 valence electrons. The maximum atomic E-state index is 13.9. The monoisotopic (exact) mass is 327 g/mol. The van der Waals surface area contributed by atoms with E-state index in [0.717, 1.165) is 29.2 Å². The van der Waals surface area contributed by atoms with Gasteiger partial charge in [0.2, 0.25) is 5.96 Å². The van der Waals surface area contributed by atoms with Crippen LogP contribution in [0.5, 0.6) is 0 Å². The second kappa shape index (κ2) is 6.16. The van der Waals surface area contributed by atoms with Gasteiger partial charge in [-0.25, -0.2) is 9.20 Å². The van der Waals surface area contributed by atoms with E-state index in [0.29, 0.717) is 10.9 Å². The molecule has 3 rings (SSSR count). The number of hydrogen-bond acceptors (Lipinski definition) is 4. The number of guanidine groups is 1. The standard InChI is InChI=1S/C18H21N3OS/c1-4-21(5-2)18-19-16-12-11-14(3)13-17(16)23(22,20-18)15-9-7-6-8-10-15/h6-13H,4-5H2,1-3H3. The Bertz CT molecular complexity index is 861. The van der Waals surface area contributed by atoms with Crippen molar-refractivity contribution in [3.8, 4) is 0 Å². The van der Waals surface area contributed by atoms with Gasteiger partial charge in [-0.2, -0.15) is 4.36 Å². The Balaban J connectivity index is 2.30. The average molecular weight is 327 g/mol. The van der Waals surface area contributed by atoms with Gasteiger partial charge in [0, 0.05) is 13.1 Å². The van der Waals surface area contributed by atoms with Gasteiger partial charge in [0.15, 0.2) is 0 Å². The summed E-state index contributed by atoms with van der Waals surface area (Å²) in [4.78, 5) is 8.12. The zero-order valence-corrected chi connectivity index (χ0v) is 14.5. The van der Waals surface area contributed by atoms with E-state index in [-0.39, 0.29) is 0 Å². The molecule has 1 atom stereocenters. The minimum absolute atomic E-state index is 0.556. The topological polar surface area (TPSA) is 45.0 Å². The fourth-order valence-corrected chi connectivity index (χ4v) is 4.76. The Morgan fingerprint density at radius 1 is 1.04 bits per heavy atom. The minimum Gasteiger partial charge on any atom is -0.341 e. The molecule has 0 aromatic heterocycles. The van der Waals surface area contributed by atoms with Crippen LogP contribution < -0.4 is 0 Å². The molecule has 23 heavy (non-hydrogen) atoms. The molecule has 0 N–H and O–H groups in total. The Hall–Kier alpha value is -2.14. The number of benzene rings is 2. The van der Waals surface area contributed by atoms with Gasteiger partial charge in [-0.05, 0) is 50.6 Å². The van der Waals surface area contributed by atoms with Crippen molar-refractivity contribution < 1.29 is 4.21 Å². The molecule has 0 saturated carbocycles. The summed E-state index contributed by atoms with van der Waals surface area (Å²) in [6.45, 7) is 7.66. The van der Waals surface area contributed by atoms with Crippen LogP contribution >= 0.6 is 0 Å². The lowest BCUT2D eigenvalue weighted by Gasteiger charge is -2.25. The van der Waals surface area contributed by atoms with Gasteiger partial charge in [-0.1, -0.05) is 24.3 Å². The van der Waals surface area contributed by atoms with Crippen LogP contribution in [-0.2, 0) is 9.73 Å². The third-order valence-electron chi connectivity index (χ3n) is 3.95. The van der Waals surface area contributed by atoms with Crippen molar-refractivity contribution in [3.05, 3.63) is 54.1 Å². The number of fused-ring (bicyclic) bond motifs is 1. The van der Waals surface area contributed by atoms with E-state index >= 15 is 0 Å². The molecule has 0 fully saturated rings. The molecule has 2 aromatic carbocycles. The average Bonchev–Trinajstić information content (AvgIpc) is 2.57. The van der Waals surface area contributed by atoms with Crippen molar-refractivity contribution in [2.24, 2.45) is 9.36 Å². The molecule has 0 aliphatic carbocycles. The lowest BCUT2D eigenvalue weighted by atomic mass is 10.2. The SMILES string of the molecule is CCN(CC)C1=Nc2ccc(C)cc2S(=O)(c2ccccc2)=N1. The Labute approximate surface area is 138 Å². The van der Waals surface area contributed by atoms with Gasteiger partial charge in [0.25, 0.3) is 0 Å². The van der Waals surface area contributed by atoms with Crippen molar-refractivity contribution in [2.45, 2.75) is 30.6 Å². The molecular weight excluding hydrogens is 306 g/mol. The second-order valence-electron chi connectivity index (χ2n) is 5.49. The number of rotatable bonds is 3. The summed E-state index contributed by atoms with van der Waals surface area (Å²) in [5, 5.41) is 0. The van der Waals surface area contributed by atoms with Crippen molar-refractivity contribution >= 4 is 21.4 Å². The van der Waals surface area contributed by atoms with E-state index in [1.807, 2.05) is 60.4 Å². The first-order valence-electron chi connectivity index (χ1n) is 7.85. The first-order chi connectivity index (χ1) is 11.1. The smallest absolute Gasteiger partial charge is 0.234 e. The number of aryl methyl sites for hydroxylation is 1. The van der Waals surface area contributed by atoms with Gasteiger partial charge in [0.05, 0.1) is 15.5 Å². The zero-order valence-electron chi connectivity index (χ0n) is 13.7. The highest BCUT2D eigenvalue weighted by Crippen LogP contribution is 2.36. The highest BCUT2D eigenvalue weighted by molar-refractivity contribution is 7.94. The van der Waals surface area contributed by atoms with E-state index in [9.17, 15) is 4.21 Å². The molecule has 1 unspecified atom stereocenters. The van der Waals surface area contributed by atoms with Crippen LogP contribution in [-0.4, -0.2) is 28.2 Å². The third-order valence-corrected chi connectivity index (χ3v) is 6.21. The first-order valence-corrected chi connectivity index (χ1v) is 9.36. The van der Waals surface area contributed by atoms with Crippen LogP contribution in [0.2, 0.25) is 0 Å². The Kier molecular flexibility index (Phi) is 4.22. The van der Waals surface area contributed by atoms with Crippen LogP contribution in [0.25, 0.3) is 0 Å². The van der Waals surface area contributed by atoms with Crippen LogP contribution in [0.4, 0.5) is 5.69 Å². The fourth-order valence-electron chi connectivity index (χ4n) is 2.65. The Morgan fingerprint density at radius 2 is 1.74 bits per heavy atom. The van der Waals surface area contributed by atoms with Gasteiger partial charge in [-0.3, -0.25) is 0 Å². The predicted molar refractivity (Wildman–Crippen MR) is 94.7 cm³/mol. The molecule has 0 bridgehead atoms. The van der Waals surface area contributed by atoms with Crippen molar-refractivity contribution in [3.63, 3.8) is 0 Å². The largest absolute Gasteiger partial charge is 0.341 e. The van der Waals surface area contributed by atoms with Gasteiger partial charge >= 0.3 is 0 Å². The third kappa shape index (κ3) is 2.77. The van der Waals surface area contributed by atoms with Gasteiger partial charge in [-0.15, -0.1) is 0 Å². The normalized spacial score (nSPS) is 19.5. The van der Waals surface area contributed by atoms with Gasteiger partial charge < -0.3 is 4.90 Å². The molecule has 0 amide bonds. The molecule has 4 nitrogen and oxygen atoms in total. The lowest BCUT2D eigenvalue weighted by molar-refractivity contribution is 0.460. The van der Waals surface area contributed by atoms with Crippen molar-refractivity contribution in [1.82, 2.24) is 4.90 Å². The van der Waals surface area contributed by atoms with E-state index in [4.69, 9.17) is 0 Å². The number of hydrogen-bond donors (Lipinski definition) is 0.